The molecule has 7 nitrogen and oxygen atoms in total. The molecular weight excluding hydrogens is 322 g/mol. The minimum absolute atomic E-state index is 0.138. The van der Waals surface area contributed by atoms with E-state index in [1.165, 1.54) is 18.2 Å². The van der Waals surface area contributed by atoms with Gasteiger partial charge in [0.2, 0.25) is 0 Å². The summed E-state index contributed by atoms with van der Waals surface area (Å²) < 4.78 is 5.49. The number of benzene rings is 2. The van der Waals surface area contributed by atoms with Gasteiger partial charge in [-0.1, -0.05) is 30.3 Å². The molecule has 0 fully saturated rings. The molecule has 0 aliphatic rings. The molecule has 130 valence electrons. The van der Waals surface area contributed by atoms with Gasteiger partial charge in [-0.2, -0.15) is 5.26 Å². The van der Waals surface area contributed by atoms with E-state index in [1.54, 1.807) is 11.9 Å². The second-order valence-electron chi connectivity index (χ2n) is 5.61. The van der Waals surface area contributed by atoms with Crippen molar-refractivity contribution in [2.24, 2.45) is 0 Å². The van der Waals surface area contributed by atoms with Gasteiger partial charge in [0.1, 0.15) is 6.07 Å². The molecule has 2 aromatic rings. The molecule has 0 aliphatic carbocycles. The normalized spacial score (nSPS) is 11.6. The number of non-ortho nitro benzene ring substituents is 1. The smallest absolute Gasteiger partial charge is 0.270 e. The zero-order chi connectivity index (χ0) is 18.2. The number of hydrogen-bond acceptors (Lipinski definition) is 6. The predicted molar refractivity (Wildman–Crippen MR) is 93.2 cm³/mol. The number of nitriles is 1. The first kappa shape index (κ1) is 18.4. The molecule has 1 N–H and O–H groups in total. The number of nitrogens with zero attached hydrogens (tertiary/aromatic N) is 3. The quantitative estimate of drug-likeness (QED) is 0.585. The number of aliphatic hydroxyl groups is 1. The first-order valence-corrected chi connectivity index (χ1v) is 7.70. The molecule has 0 bridgehead atoms. The Hall–Kier alpha value is -2.95. The van der Waals surface area contributed by atoms with Crippen molar-refractivity contribution < 1.29 is 14.8 Å². The van der Waals surface area contributed by atoms with E-state index >= 15 is 0 Å². The monoisotopic (exact) mass is 341 g/mol. The van der Waals surface area contributed by atoms with Gasteiger partial charge >= 0.3 is 0 Å². The minimum atomic E-state index is -0.754. The van der Waals surface area contributed by atoms with Crippen LogP contribution in [0.2, 0.25) is 0 Å². The molecule has 0 aliphatic heterocycles. The summed E-state index contributed by atoms with van der Waals surface area (Å²) in [5.41, 5.74) is 1.59. The highest BCUT2D eigenvalue weighted by atomic mass is 16.6. The van der Waals surface area contributed by atoms with Crippen LogP contribution in [-0.2, 0) is 11.3 Å². The molecule has 0 amide bonds. The molecule has 0 aromatic heterocycles. The molecule has 1 atom stereocenters. The molecule has 0 heterocycles. The summed E-state index contributed by atoms with van der Waals surface area (Å²) in [6, 6.07) is 15.7. The number of likely N-dealkylation sites (N-methyl/N-ethyl adjacent to an activating group) is 1. The standard InChI is InChI=1S/C18H19N3O4/c1-20(18-8-7-16(21(23)24)9-15(18)10-19)11-17(22)13-25-12-14-5-3-2-4-6-14/h2-9,17,22H,11-13H2,1H3/t17-/m0/s1. The van der Waals surface area contributed by atoms with Crippen molar-refractivity contribution in [3.05, 3.63) is 69.8 Å². The maximum atomic E-state index is 10.8. The van der Waals surface area contributed by atoms with Gasteiger partial charge in [-0.05, 0) is 11.6 Å². The Balaban J connectivity index is 1.91. The van der Waals surface area contributed by atoms with Crippen LogP contribution in [0.3, 0.4) is 0 Å². The van der Waals surface area contributed by atoms with Crippen molar-refractivity contribution in [2.45, 2.75) is 12.7 Å². The van der Waals surface area contributed by atoms with Crippen molar-refractivity contribution in [3.8, 4) is 6.07 Å². The molecule has 25 heavy (non-hydrogen) atoms. The van der Waals surface area contributed by atoms with E-state index in [2.05, 4.69) is 0 Å². The zero-order valence-corrected chi connectivity index (χ0v) is 13.8. The lowest BCUT2D eigenvalue weighted by atomic mass is 10.1. The Labute approximate surface area is 145 Å². The number of anilines is 1. The Morgan fingerprint density at radius 1 is 1.32 bits per heavy atom. The van der Waals surface area contributed by atoms with Gasteiger partial charge in [-0.25, -0.2) is 0 Å². The van der Waals surface area contributed by atoms with Gasteiger partial charge in [0.05, 0.1) is 35.5 Å². The van der Waals surface area contributed by atoms with Crippen molar-refractivity contribution in [2.75, 3.05) is 25.1 Å². The molecule has 0 saturated carbocycles. The first-order valence-electron chi connectivity index (χ1n) is 7.70. The van der Waals surface area contributed by atoms with Gasteiger partial charge in [0, 0.05) is 25.7 Å². The average molecular weight is 341 g/mol. The van der Waals surface area contributed by atoms with Crippen LogP contribution in [0.4, 0.5) is 11.4 Å². The summed E-state index contributed by atoms with van der Waals surface area (Å²) in [5.74, 6) is 0. The number of hydrogen-bond donors (Lipinski definition) is 1. The molecule has 0 unspecified atom stereocenters. The average Bonchev–Trinajstić information content (AvgIpc) is 2.61. The second-order valence-corrected chi connectivity index (χ2v) is 5.61. The van der Waals surface area contributed by atoms with Crippen LogP contribution in [0.1, 0.15) is 11.1 Å². The van der Waals surface area contributed by atoms with Crippen LogP contribution in [0.25, 0.3) is 0 Å². The van der Waals surface area contributed by atoms with Crippen molar-refractivity contribution in [1.29, 1.82) is 5.26 Å². The van der Waals surface area contributed by atoms with Crippen LogP contribution in [0, 0.1) is 21.4 Å². The summed E-state index contributed by atoms with van der Waals surface area (Å²) in [6.07, 6.45) is -0.754. The summed E-state index contributed by atoms with van der Waals surface area (Å²) >= 11 is 0. The second kappa shape index (κ2) is 8.78. The highest BCUT2D eigenvalue weighted by Crippen LogP contribution is 2.24. The highest BCUT2D eigenvalue weighted by molar-refractivity contribution is 5.62. The van der Waals surface area contributed by atoms with Crippen molar-refractivity contribution in [1.82, 2.24) is 0 Å². The Bertz CT molecular complexity index is 759. The fourth-order valence-corrected chi connectivity index (χ4v) is 2.41. The van der Waals surface area contributed by atoms with Crippen molar-refractivity contribution >= 4 is 11.4 Å². The van der Waals surface area contributed by atoms with Gasteiger partial charge in [0.15, 0.2) is 0 Å². The summed E-state index contributed by atoms with van der Waals surface area (Å²) in [4.78, 5) is 11.9. The van der Waals surface area contributed by atoms with E-state index in [-0.39, 0.29) is 24.4 Å². The SMILES string of the molecule is CN(C[C@H](O)COCc1ccccc1)c1ccc([N+](=O)[O-])cc1C#N. The molecule has 0 radical (unpaired) electrons. The van der Waals surface area contributed by atoms with Gasteiger partial charge in [-0.3, -0.25) is 10.1 Å². The number of rotatable bonds is 8. The number of ether oxygens (including phenoxy) is 1. The number of aliphatic hydroxyl groups excluding tert-OH is 1. The molecule has 7 heteroatoms. The Kier molecular flexibility index (Phi) is 6.46. The van der Waals surface area contributed by atoms with E-state index in [9.17, 15) is 20.5 Å². The van der Waals surface area contributed by atoms with Crippen LogP contribution in [0.5, 0.6) is 0 Å². The largest absolute Gasteiger partial charge is 0.389 e. The van der Waals surface area contributed by atoms with Crippen LogP contribution < -0.4 is 4.90 Å². The lowest BCUT2D eigenvalue weighted by Crippen LogP contribution is -2.32. The van der Waals surface area contributed by atoms with Crippen LogP contribution in [0.15, 0.2) is 48.5 Å². The molecule has 0 saturated heterocycles. The summed E-state index contributed by atoms with van der Waals surface area (Å²) in [7, 11) is 1.71. The molecule has 2 rings (SSSR count). The third-order valence-electron chi connectivity index (χ3n) is 3.63. The lowest BCUT2D eigenvalue weighted by molar-refractivity contribution is -0.384. The minimum Gasteiger partial charge on any atom is -0.389 e. The highest BCUT2D eigenvalue weighted by Gasteiger charge is 2.16. The predicted octanol–water partition coefficient (Wildman–Crippen LogP) is 2.48. The van der Waals surface area contributed by atoms with E-state index in [0.29, 0.717) is 12.3 Å². The topological polar surface area (TPSA) is 99.6 Å². The third-order valence-corrected chi connectivity index (χ3v) is 3.63. The Morgan fingerprint density at radius 3 is 2.68 bits per heavy atom. The first-order chi connectivity index (χ1) is 12.0. The fourth-order valence-electron chi connectivity index (χ4n) is 2.41. The van der Waals surface area contributed by atoms with Crippen molar-refractivity contribution in [3.63, 3.8) is 0 Å². The van der Waals surface area contributed by atoms with Crippen LogP contribution in [-0.4, -0.2) is 36.3 Å². The maximum absolute atomic E-state index is 10.8. The third kappa shape index (κ3) is 5.28. The molecular formula is C18H19N3O4. The van der Waals surface area contributed by atoms with E-state index < -0.39 is 11.0 Å². The van der Waals surface area contributed by atoms with E-state index in [4.69, 9.17) is 4.74 Å². The summed E-state index contributed by atoms with van der Waals surface area (Å²) in [5, 5.41) is 30.1. The number of nitro benzene ring substituents is 1. The number of nitro groups is 1. The fraction of sp³-hybridized carbons (Fsp3) is 0.278. The lowest BCUT2D eigenvalue weighted by Gasteiger charge is -2.23. The maximum Gasteiger partial charge on any atom is 0.270 e. The van der Waals surface area contributed by atoms with Crippen LogP contribution >= 0.6 is 0 Å². The zero-order valence-electron chi connectivity index (χ0n) is 13.8. The van der Waals surface area contributed by atoms with E-state index in [1.807, 2.05) is 36.4 Å². The molecule has 0 spiro atoms. The van der Waals surface area contributed by atoms with Gasteiger partial charge < -0.3 is 14.7 Å². The summed E-state index contributed by atoms with van der Waals surface area (Å²) in [6.45, 7) is 0.790. The van der Waals surface area contributed by atoms with Gasteiger partial charge in [-0.15, -0.1) is 0 Å². The Morgan fingerprint density at radius 2 is 2.04 bits per heavy atom. The van der Waals surface area contributed by atoms with Gasteiger partial charge in [0.25, 0.3) is 5.69 Å². The molecule has 2 aromatic carbocycles. The van der Waals surface area contributed by atoms with E-state index in [0.717, 1.165) is 5.56 Å².